The molecule has 1 atom stereocenters. The zero-order valence-corrected chi connectivity index (χ0v) is 14.0. The maximum absolute atomic E-state index is 12.3. The van der Waals surface area contributed by atoms with Gasteiger partial charge in [0.25, 0.3) is 0 Å². The van der Waals surface area contributed by atoms with E-state index in [9.17, 15) is 4.79 Å². The Labute approximate surface area is 144 Å². The SMILES string of the molecule is COc1ccc([C@@H]2CC(=O)Nc3c(-c4ccccc4)nsc32)cc1. The number of nitrogens with zero attached hydrogens (tertiary/aromatic N) is 1. The number of ether oxygens (including phenoxy) is 1. The third-order valence-electron chi connectivity index (χ3n) is 4.25. The van der Waals surface area contributed by atoms with Gasteiger partial charge in [-0.05, 0) is 29.2 Å². The van der Waals surface area contributed by atoms with Gasteiger partial charge in [-0.3, -0.25) is 4.79 Å². The van der Waals surface area contributed by atoms with Crippen LogP contribution in [0.25, 0.3) is 11.3 Å². The number of rotatable bonds is 3. The highest BCUT2D eigenvalue weighted by molar-refractivity contribution is 7.07. The van der Waals surface area contributed by atoms with Crippen molar-refractivity contribution in [1.29, 1.82) is 0 Å². The molecule has 2 aromatic carbocycles. The number of hydrogen-bond donors (Lipinski definition) is 1. The third-order valence-corrected chi connectivity index (χ3v) is 5.21. The first-order valence-electron chi connectivity index (χ1n) is 7.75. The zero-order chi connectivity index (χ0) is 16.5. The summed E-state index contributed by atoms with van der Waals surface area (Å²) in [6.07, 6.45) is 0.440. The largest absolute Gasteiger partial charge is 0.497 e. The molecule has 2 heterocycles. The van der Waals surface area contributed by atoms with Gasteiger partial charge in [-0.1, -0.05) is 42.5 Å². The van der Waals surface area contributed by atoms with Gasteiger partial charge in [0, 0.05) is 17.9 Å². The van der Waals surface area contributed by atoms with Crippen LogP contribution in [0.4, 0.5) is 5.69 Å². The smallest absolute Gasteiger partial charge is 0.225 e. The summed E-state index contributed by atoms with van der Waals surface area (Å²) in [5.41, 5.74) is 3.83. The van der Waals surface area contributed by atoms with E-state index in [0.29, 0.717) is 6.42 Å². The highest BCUT2D eigenvalue weighted by Crippen LogP contribution is 2.44. The van der Waals surface area contributed by atoms with Gasteiger partial charge in [-0.2, -0.15) is 4.37 Å². The Kier molecular flexibility index (Phi) is 3.78. The minimum absolute atomic E-state index is 0.0284. The lowest BCUT2D eigenvalue weighted by molar-refractivity contribution is -0.116. The minimum Gasteiger partial charge on any atom is -0.497 e. The van der Waals surface area contributed by atoms with Crippen molar-refractivity contribution in [2.45, 2.75) is 12.3 Å². The lowest BCUT2D eigenvalue weighted by Gasteiger charge is -2.23. The van der Waals surface area contributed by atoms with Crippen molar-refractivity contribution < 1.29 is 9.53 Å². The van der Waals surface area contributed by atoms with Crippen LogP contribution in [0.2, 0.25) is 0 Å². The summed E-state index contributed by atoms with van der Waals surface area (Å²) in [7, 11) is 1.65. The fourth-order valence-corrected chi connectivity index (χ4v) is 4.00. The summed E-state index contributed by atoms with van der Waals surface area (Å²) < 4.78 is 9.83. The number of methoxy groups -OCH3 is 1. The number of amides is 1. The standard InChI is InChI=1S/C19H16N2O2S/c1-23-14-9-7-12(8-10-14)15-11-16(22)20-18-17(21-24-19(15)18)13-5-3-2-4-6-13/h2-10,15H,11H2,1H3,(H,20,22)/t15-/m0/s1. The summed E-state index contributed by atoms with van der Waals surface area (Å²) in [6.45, 7) is 0. The van der Waals surface area contributed by atoms with Crippen molar-refractivity contribution in [2.75, 3.05) is 12.4 Å². The molecule has 1 amide bonds. The number of nitrogens with one attached hydrogen (secondary N) is 1. The molecule has 1 aromatic heterocycles. The van der Waals surface area contributed by atoms with Crippen LogP contribution in [0.1, 0.15) is 22.8 Å². The van der Waals surface area contributed by atoms with Crippen molar-refractivity contribution in [3.05, 3.63) is 65.0 Å². The second kappa shape index (κ2) is 6.09. The van der Waals surface area contributed by atoms with Crippen LogP contribution in [0.15, 0.2) is 54.6 Å². The average Bonchev–Trinajstić information content (AvgIpc) is 3.05. The predicted octanol–water partition coefficient (Wildman–Crippen LogP) is 4.29. The van der Waals surface area contributed by atoms with Crippen LogP contribution >= 0.6 is 11.5 Å². The Morgan fingerprint density at radius 3 is 2.58 bits per heavy atom. The molecule has 0 saturated heterocycles. The lowest BCUT2D eigenvalue weighted by Crippen LogP contribution is -2.22. The second-order valence-electron chi connectivity index (χ2n) is 5.71. The number of benzene rings is 2. The molecule has 5 heteroatoms. The normalized spacial score (nSPS) is 16.4. The monoisotopic (exact) mass is 336 g/mol. The van der Waals surface area contributed by atoms with Crippen molar-refractivity contribution in [1.82, 2.24) is 4.37 Å². The molecule has 0 fully saturated rings. The van der Waals surface area contributed by atoms with Gasteiger partial charge >= 0.3 is 0 Å². The summed E-state index contributed by atoms with van der Waals surface area (Å²) >= 11 is 1.47. The second-order valence-corrected chi connectivity index (χ2v) is 6.52. The summed E-state index contributed by atoms with van der Waals surface area (Å²) in [4.78, 5) is 13.4. The molecule has 0 bridgehead atoms. The van der Waals surface area contributed by atoms with Gasteiger partial charge in [-0.25, -0.2) is 0 Å². The first-order valence-corrected chi connectivity index (χ1v) is 8.52. The van der Waals surface area contributed by atoms with E-state index >= 15 is 0 Å². The summed E-state index contributed by atoms with van der Waals surface area (Å²) in [5.74, 6) is 0.879. The fraction of sp³-hybridized carbons (Fsp3) is 0.158. The molecule has 1 aliphatic heterocycles. The molecule has 3 aromatic rings. The van der Waals surface area contributed by atoms with Crippen molar-refractivity contribution >= 4 is 23.1 Å². The first-order chi connectivity index (χ1) is 11.8. The number of hydrogen-bond acceptors (Lipinski definition) is 4. The molecular weight excluding hydrogens is 320 g/mol. The van der Waals surface area contributed by atoms with Crippen LogP contribution in [-0.2, 0) is 4.79 Å². The molecule has 120 valence electrons. The van der Waals surface area contributed by atoms with Gasteiger partial charge in [0.1, 0.15) is 11.4 Å². The Hall–Kier alpha value is -2.66. The van der Waals surface area contributed by atoms with E-state index in [2.05, 4.69) is 9.69 Å². The van der Waals surface area contributed by atoms with E-state index in [0.717, 1.165) is 33.1 Å². The van der Waals surface area contributed by atoms with Crippen LogP contribution in [0.5, 0.6) is 5.75 Å². The maximum atomic E-state index is 12.3. The van der Waals surface area contributed by atoms with Crippen LogP contribution < -0.4 is 10.1 Å². The average molecular weight is 336 g/mol. The van der Waals surface area contributed by atoms with E-state index in [1.807, 2.05) is 54.6 Å². The maximum Gasteiger partial charge on any atom is 0.225 e. The summed E-state index contributed by atoms with van der Waals surface area (Å²) in [5, 5.41) is 3.01. The summed E-state index contributed by atoms with van der Waals surface area (Å²) in [6, 6.07) is 17.9. The molecule has 0 saturated carbocycles. The van der Waals surface area contributed by atoms with Gasteiger partial charge in [0.15, 0.2) is 0 Å². The molecule has 1 N–H and O–H groups in total. The van der Waals surface area contributed by atoms with E-state index in [-0.39, 0.29) is 11.8 Å². The topological polar surface area (TPSA) is 51.2 Å². The number of anilines is 1. The first kappa shape index (κ1) is 14.9. The molecule has 0 spiro atoms. The lowest BCUT2D eigenvalue weighted by atomic mass is 9.89. The minimum atomic E-state index is 0.0284. The number of carbonyl (C=O) groups excluding carboxylic acids is 1. The van der Waals surface area contributed by atoms with Gasteiger partial charge < -0.3 is 10.1 Å². The predicted molar refractivity (Wildman–Crippen MR) is 95.6 cm³/mol. The Balaban J connectivity index is 1.78. The molecule has 0 unspecified atom stereocenters. The molecule has 0 radical (unpaired) electrons. The molecular formula is C19H16N2O2S. The van der Waals surface area contributed by atoms with E-state index in [4.69, 9.17) is 4.74 Å². The number of aromatic nitrogens is 1. The Bertz CT molecular complexity index is 872. The third kappa shape index (κ3) is 2.57. The zero-order valence-electron chi connectivity index (χ0n) is 13.2. The van der Waals surface area contributed by atoms with Crippen molar-refractivity contribution in [3.8, 4) is 17.0 Å². The van der Waals surface area contributed by atoms with E-state index < -0.39 is 0 Å². The molecule has 24 heavy (non-hydrogen) atoms. The van der Waals surface area contributed by atoms with Crippen molar-refractivity contribution in [2.24, 2.45) is 0 Å². The highest BCUT2D eigenvalue weighted by Gasteiger charge is 2.31. The quantitative estimate of drug-likeness (QED) is 0.776. The van der Waals surface area contributed by atoms with Crippen LogP contribution in [-0.4, -0.2) is 17.4 Å². The molecule has 1 aliphatic rings. The van der Waals surface area contributed by atoms with E-state index in [1.165, 1.54) is 11.5 Å². The van der Waals surface area contributed by atoms with Crippen molar-refractivity contribution in [3.63, 3.8) is 0 Å². The van der Waals surface area contributed by atoms with Crippen LogP contribution in [0, 0.1) is 0 Å². The molecule has 0 aliphatic carbocycles. The molecule has 4 rings (SSSR count). The van der Waals surface area contributed by atoms with Gasteiger partial charge in [-0.15, -0.1) is 0 Å². The van der Waals surface area contributed by atoms with Crippen LogP contribution in [0.3, 0.4) is 0 Å². The highest BCUT2D eigenvalue weighted by atomic mass is 32.1. The van der Waals surface area contributed by atoms with E-state index in [1.54, 1.807) is 7.11 Å². The van der Waals surface area contributed by atoms with Gasteiger partial charge in [0.05, 0.1) is 17.7 Å². The number of fused-ring (bicyclic) bond motifs is 1. The Morgan fingerprint density at radius 2 is 1.88 bits per heavy atom. The number of carbonyl (C=O) groups is 1. The van der Waals surface area contributed by atoms with Gasteiger partial charge in [0.2, 0.25) is 5.91 Å². The Morgan fingerprint density at radius 1 is 1.12 bits per heavy atom. The molecule has 4 nitrogen and oxygen atoms in total. The fourth-order valence-electron chi connectivity index (χ4n) is 3.03.